The minimum Gasteiger partial charge on any atom is -0.490 e. The van der Waals surface area contributed by atoms with Crippen LogP contribution in [-0.2, 0) is 14.8 Å². The normalized spacial score (nSPS) is 22.2. The van der Waals surface area contributed by atoms with Crippen molar-refractivity contribution in [3.63, 3.8) is 0 Å². The second-order valence-electron chi connectivity index (χ2n) is 6.60. The molecular weight excluding hydrogens is 383 g/mol. The summed E-state index contributed by atoms with van der Waals surface area (Å²) >= 11 is 0. The van der Waals surface area contributed by atoms with Gasteiger partial charge in [0.2, 0.25) is 10.0 Å². The lowest BCUT2D eigenvalue weighted by Crippen LogP contribution is -2.43. The molecule has 2 fully saturated rings. The number of hydrogen-bond donors (Lipinski definition) is 1. The van der Waals surface area contributed by atoms with Gasteiger partial charge in [0, 0.05) is 31.7 Å². The Morgan fingerprint density at radius 2 is 2.04 bits per heavy atom. The first-order valence-electron chi connectivity index (χ1n) is 8.68. The molecule has 2 heterocycles. The number of hydrogen-bond acceptors (Lipinski definition) is 5. The smallest absolute Gasteiger partial charge is 0.243 e. The monoisotopic (exact) mass is 408 g/mol. The largest absolute Gasteiger partial charge is 0.490 e. The minimum atomic E-state index is -3.67. The summed E-state index contributed by atoms with van der Waals surface area (Å²) in [6.07, 6.45) is 2.41. The van der Waals surface area contributed by atoms with Gasteiger partial charge in [0.25, 0.3) is 0 Å². The predicted molar refractivity (Wildman–Crippen MR) is 98.9 cm³/mol. The third-order valence-corrected chi connectivity index (χ3v) is 6.80. The molecule has 6 nitrogen and oxygen atoms in total. The van der Waals surface area contributed by atoms with Gasteiger partial charge < -0.3 is 14.8 Å². The Labute approximate surface area is 160 Å². The van der Waals surface area contributed by atoms with Crippen LogP contribution >= 0.6 is 12.4 Å². The van der Waals surface area contributed by atoms with Crippen LogP contribution in [0, 0.1) is 11.7 Å². The Balaban J connectivity index is 0.00000243. The van der Waals surface area contributed by atoms with Crippen molar-refractivity contribution < 1.29 is 22.3 Å². The van der Waals surface area contributed by atoms with Crippen molar-refractivity contribution in [3.05, 3.63) is 24.0 Å². The second-order valence-corrected chi connectivity index (χ2v) is 8.54. The van der Waals surface area contributed by atoms with Crippen molar-refractivity contribution >= 4 is 22.4 Å². The van der Waals surface area contributed by atoms with E-state index in [1.165, 1.54) is 16.4 Å². The lowest BCUT2D eigenvalue weighted by molar-refractivity contribution is 0.165. The number of nitrogens with zero attached hydrogens (tertiary/aromatic N) is 1. The van der Waals surface area contributed by atoms with Crippen LogP contribution in [0.15, 0.2) is 23.1 Å². The number of ether oxygens (including phenoxy) is 2. The molecule has 1 unspecified atom stereocenters. The first-order chi connectivity index (χ1) is 12.0. The van der Waals surface area contributed by atoms with Gasteiger partial charge in [0.15, 0.2) is 11.6 Å². The number of nitrogens with one attached hydrogen (secondary N) is 1. The van der Waals surface area contributed by atoms with E-state index in [0.29, 0.717) is 39.0 Å². The van der Waals surface area contributed by atoms with Crippen molar-refractivity contribution in [3.8, 4) is 5.75 Å². The third-order valence-electron chi connectivity index (χ3n) is 4.90. The zero-order valence-corrected chi connectivity index (χ0v) is 16.5. The quantitative estimate of drug-likeness (QED) is 0.780. The Hall–Kier alpha value is -0.930. The molecule has 1 atom stereocenters. The van der Waals surface area contributed by atoms with Crippen LogP contribution < -0.4 is 10.1 Å². The van der Waals surface area contributed by atoms with Crippen LogP contribution in [0.2, 0.25) is 0 Å². The molecule has 1 aromatic carbocycles. The van der Waals surface area contributed by atoms with Gasteiger partial charge in [-0.1, -0.05) is 0 Å². The van der Waals surface area contributed by atoms with Crippen molar-refractivity contribution in [2.75, 3.05) is 40.0 Å². The Morgan fingerprint density at radius 1 is 1.31 bits per heavy atom. The fourth-order valence-electron chi connectivity index (χ4n) is 3.22. The second kappa shape index (κ2) is 9.32. The van der Waals surface area contributed by atoms with Crippen LogP contribution in [0.4, 0.5) is 4.39 Å². The molecule has 148 valence electrons. The van der Waals surface area contributed by atoms with E-state index in [-0.39, 0.29) is 29.0 Å². The van der Waals surface area contributed by atoms with E-state index in [4.69, 9.17) is 9.47 Å². The summed E-state index contributed by atoms with van der Waals surface area (Å²) in [6.45, 7) is 2.58. The Kier molecular flexibility index (Phi) is 7.66. The number of halogens is 2. The maximum Gasteiger partial charge on any atom is 0.243 e. The first kappa shape index (κ1) is 21.4. The van der Waals surface area contributed by atoms with Crippen LogP contribution in [0.25, 0.3) is 0 Å². The van der Waals surface area contributed by atoms with Gasteiger partial charge in [-0.15, -0.1) is 12.4 Å². The summed E-state index contributed by atoms with van der Waals surface area (Å²) in [5, 5.41) is 3.16. The van der Waals surface area contributed by atoms with Gasteiger partial charge in [-0.2, -0.15) is 4.31 Å². The molecular formula is C17H26ClFN2O4S. The predicted octanol–water partition coefficient (Wildman–Crippen LogP) is 2.04. The van der Waals surface area contributed by atoms with E-state index in [0.717, 1.165) is 25.3 Å². The molecule has 3 rings (SSSR count). The average molecular weight is 409 g/mol. The molecule has 0 aliphatic carbocycles. The molecule has 0 aromatic heterocycles. The van der Waals surface area contributed by atoms with E-state index in [1.54, 1.807) is 0 Å². The fraction of sp³-hybridized carbons (Fsp3) is 0.647. The highest BCUT2D eigenvalue weighted by atomic mass is 35.5. The van der Waals surface area contributed by atoms with Crippen molar-refractivity contribution in [2.45, 2.75) is 30.2 Å². The summed E-state index contributed by atoms with van der Waals surface area (Å²) in [5.74, 6) is -0.305. The fourth-order valence-corrected chi connectivity index (χ4v) is 4.70. The van der Waals surface area contributed by atoms with Crippen LogP contribution in [0.5, 0.6) is 5.75 Å². The summed E-state index contributed by atoms with van der Waals surface area (Å²) in [6, 6.07) is 4.21. The summed E-state index contributed by atoms with van der Waals surface area (Å²) < 4.78 is 51.9. The standard InChI is InChI=1S/C17H25FN2O4S.ClH/c1-19-14-4-7-20(8-5-14)25(21,22)15-2-3-17(16(18)10-15)24-12-13-6-9-23-11-13;/h2-3,10,13-14,19H,4-9,11-12H2,1H3;1H. The van der Waals surface area contributed by atoms with Crippen molar-refractivity contribution in [2.24, 2.45) is 5.92 Å². The van der Waals surface area contributed by atoms with E-state index in [2.05, 4.69) is 5.32 Å². The average Bonchev–Trinajstić information content (AvgIpc) is 3.14. The van der Waals surface area contributed by atoms with E-state index >= 15 is 0 Å². The zero-order chi connectivity index (χ0) is 17.9. The third kappa shape index (κ3) is 4.86. The van der Waals surface area contributed by atoms with E-state index in [1.807, 2.05) is 7.05 Å². The first-order valence-corrected chi connectivity index (χ1v) is 10.1. The van der Waals surface area contributed by atoms with Crippen LogP contribution in [0.3, 0.4) is 0 Å². The summed E-state index contributed by atoms with van der Waals surface area (Å²) in [7, 11) is -1.80. The van der Waals surface area contributed by atoms with Crippen molar-refractivity contribution in [1.82, 2.24) is 9.62 Å². The molecule has 0 spiro atoms. The van der Waals surface area contributed by atoms with Gasteiger partial charge >= 0.3 is 0 Å². The topological polar surface area (TPSA) is 67.9 Å². The number of rotatable bonds is 6. The van der Waals surface area contributed by atoms with Crippen LogP contribution in [-0.4, -0.2) is 58.7 Å². The lowest BCUT2D eigenvalue weighted by Gasteiger charge is -2.31. The number of piperidine rings is 1. The van der Waals surface area contributed by atoms with Gasteiger partial charge in [-0.05, 0) is 44.5 Å². The molecule has 2 aliphatic heterocycles. The van der Waals surface area contributed by atoms with E-state index < -0.39 is 15.8 Å². The van der Waals surface area contributed by atoms with Gasteiger partial charge in [-0.3, -0.25) is 0 Å². The lowest BCUT2D eigenvalue weighted by atomic mass is 10.1. The molecule has 2 saturated heterocycles. The summed E-state index contributed by atoms with van der Waals surface area (Å²) in [5.41, 5.74) is 0. The highest BCUT2D eigenvalue weighted by molar-refractivity contribution is 7.89. The van der Waals surface area contributed by atoms with Crippen molar-refractivity contribution in [1.29, 1.82) is 0 Å². The molecule has 9 heteroatoms. The van der Waals surface area contributed by atoms with Gasteiger partial charge in [-0.25, -0.2) is 12.8 Å². The maximum absolute atomic E-state index is 14.3. The Morgan fingerprint density at radius 3 is 2.62 bits per heavy atom. The highest BCUT2D eigenvalue weighted by Gasteiger charge is 2.29. The highest BCUT2D eigenvalue weighted by Crippen LogP contribution is 2.26. The molecule has 0 amide bonds. The summed E-state index contributed by atoms with van der Waals surface area (Å²) in [4.78, 5) is -0.0237. The van der Waals surface area contributed by atoms with Gasteiger partial charge in [0.1, 0.15) is 0 Å². The number of benzene rings is 1. The molecule has 2 aliphatic rings. The maximum atomic E-state index is 14.3. The van der Waals surface area contributed by atoms with Gasteiger partial charge in [0.05, 0.1) is 18.1 Å². The molecule has 26 heavy (non-hydrogen) atoms. The molecule has 0 radical (unpaired) electrons. The number of sulfonamides is 1. The Bertz CT molecular complexity index is 690. The molecule has 1 N–H and O–H groups in total. The molecule has 0 bridgehead atoms. The van der Waals surface area contributed by atoms with Crippen LogP contribution in [0.1, 0.15) is 19.3 Å². The van der Waals surface area contributed by atoms with E-state index in [9.17, 15) is 12.8 Å². The molecule has 0 saturated carbocycles. The zero-order valence-electron chi connectivity index (χ0n) is 14.8. The SMILES string of the molecule is CNC1CCN(S(=O)(=O)c2ccc(OCC3CCOC3)c(F)c2)CC1.Cl. The minimum absolute atomic E-state index is 0. The molecule has 1 aromatic rings.